The average molecular weight is 329 g/mol. The van der Waals surface area contributed by atoms with Crippen LogP contribution < -0.4 is 11.5 Å². The summed E-state index contributed by atoms with van der Waals surface area (Å²) in [6, 6.07) is 3.86. The molecule has 2 aromatic rings. The monoisotopic (exact) mass is 329 g/mol. The van der Waals surface area contributed by atoms with Gasteiger partial charge in [-0.15, -0.1) is 11.3 Å². The number of nitrogens with two attached hydrogens (primary N) is 2. The SMILES string of the molecule is C/C(N)=C/C=C(\N)O/N=C(\C)c1sc(-c2cccnc2)nc1C. The molecular formula is C16H19N5OS. The van der Waals surface area contributed by atoms with E-state index in [-0.39, 0.29) is 5.88 Å². The van der Waals surface area contributed by atoms with Gasteiger partial charge in [-0.3, -0.25) is 4.98 Å². The minimum atomic E-state index is 0.170. The van der Waals surface area contributed by atoms with Crippen LogP contribution in [0.3, 0.4) is 0 Å². The molecule has 0 aliphatic heterocycles. The molecule has 0 saturated carbocycles. The zero-order valence-corrected chi connectivity index (χ0v) is 14.1. The van der Waals surface area contributed by atoms with Crippen LogP contribution in [0.25, 0.3) is 10.6 Å². The molecular weight excluding hydrogens is 310 g/mol. The molecule has 0 aromatic carbocycles. The van der Waals surface area contributed by atoms with Gasteiger partial charge in [0.1, 0.15) is 5.01 Å². The number of rotatable bonds is 5. The van der Waals surface area contributed by atoms with E-state index in [1.165, 1.54) is 11.3 Å². The van der Waals surface area contributed by atoms with Crippen molar-refractivity contribution in [3.05, 3.63) is 58.8 Å². The van der Waals surface area contributed by atoms with Gasteiger partial charge in [0.05, 0.1) is 16.3 Å². The zero-order valence-electron chi connectivity index (χ0n) is 13.3. The molecule has 0 saturated heterocycles. The van der Waals surface area contributed by atoms with Crippen molar-refractivity contribution in [2.45, 2.75) is 20.8 Å². The highest BCUT2D eigenvalue weighted by Gasteiger charge is 2.12. The first-order chi connectivity index (χ1) is 11.0. The highest BCUT2D eigenvalue weighted by Crippen LogP contribution is 2.27. The maximum absolute atomic E-state index is 5.69. The summed E-state index contributed by atoms with van der Waals surface area (Å²) in [4.78, 5) is 14.8. The number of aromatic nitrogens is 2. The standard InChI is InChI=1S/C16H19N5OS/c1-10(17)6-7-14(18)22-21-12(3)15-11(2)20-16(23-15)13-5-4-8-19-9-13/h4-9H,17-18H2,1-3H3/b10-6-,14-7+,21-12+. The van der Waals surface area contributed by atoms with Crippen LogP contribution >= 0.6 is 11.3 Å². The van der Waals surface area contributed by atoms with Gasteiger partial charge in [0, 0.05) is 29.7 Å². The Kier molecular flexibility index (Phi) is 5.48. The molecule has 0 unspecified atom stereocenters. The normalized spacial score (nSPS) is 13.3. The zero-order chi connectivity index (χ0) is 16.8. The lowest BCUT2D eigenvalue weighted by atomic mass is 10.3. The van der Waals surface area contributed by atoms with Gasteiger partial charge in [-0.2, -0.15) is 0 Å². The Morgan fingerprint density at radius 2 is 2.09 bits per heavy atom. The number of hydrogen-bond donors (Lipinski definition) is 2. The molecule has 23 heavy (non-hydrogen) atoms. The molecule has 0 aliphatic carbocycles. The maximum Gasteiger partial charge on any atom is 0.220 e. The fraction of sp³-hybridized carbons (Fsp3) is 0.188. The summed E-state index contributed by atoms with van der Waals surface area (Å²) in [6.45, 7) is 5.55. The Morgan fingerprint density at radius 1 is 1.30 bits per heavy atom. The summed E-state index contributed by atoms with van der Waals surface area (Å²) in [5.41, 5.74) is 14.4. The minimum absolute atomic E-state index is 0.170. The fourth-order valence-electron chi connectivity index (χ4n) is 1.75. The Balaban J connectivity index is 2.18. The number of oxime groups is 1. The van der Waals surface area contributed by atoms with Crippen LogP contribution in [0.15, 0.2) is 53.4 Å². The number of allylic oxidation sites excluding steroid dienone is 3. The Labute approximate surface area is 139 Å². The van der Waals surface area contributed by atoms with Gasteiger partial charge in [-0.05, 0) is 39.0 Å². The van der Waals surface area contributed by atoms with Crippen LogP contribution in [0, 0.1) is 6.92 Å². The van der Waals surface area contributed by atoms with E-state index in [0.29, 0.717) is 11.4 Å². The summed E-state index contributed by atoms with van der Waals surface area (Å²) in [7, 11) is 0. The quantitative estimate of drug-likeness (QED) is 0.380. The maximum atomic E-state index is 5.69. The van der Waals surface area contributed by atoms with Gasteiger partial charge in [-0.1, -0.05) is 5.16 Å². The molecule has 0 aliphatic rings. The van der Waals surface area contributed by atoms with Crippen molar-refractivity contribution in [1.82, 2.24) is 9.97 Å². The lowest BCUT2D eigenvalue weighted by Gasteiger charge is -2.00. The molecule has 7 heteroatoms. The Morgan fingerprint density at radius 3 is 2.74 bits per heavy atom. The molecule has 120 valence electrons. The molecule has 0 amide bonds. The number of thiazole rings is 1. The second-order valence-corrected chi connectivity index (χ2v) is 5.92. The first-order valence-electron chi connectivity index (χ1n) is 6.96. The Hall–Kier alpha value is -2.67. The molecule has 2 rings (SSSR count). The van der Waals surface area contributed by atoms with E-state index in [4.69, 9.17) is 16.3 Å². The van der Waals surface area contributed by atoms with Crippen LogP contribution in [0.4, 0.5) is 0 Å². The molecule has 4 N–H and O–H groups in total. The van der Waals surface area contributed by atoms with Crippen molar-refractivity contribution < 1.29 is 4.84 Å². The first-order valence-corrected chi connectivity index (χ1v) is 7.78. The smallest absolute Gasteiger partial charge is 0.220 e. The molecule has 0 spiro atoms. The molecule has 0 atom stereocenters. The predicted molar refractivity (Wildman–Crippen MR) is 93.6 cm³/mol. The molecule has 6 nitrogen and oxygen atoms in total. The van der Waals surface area contributed by atoms with Gasteiger partial charge in [0.15, 0.2) is 0 Å². The van der Waals surface area contributed by atoms with E-state index in [0.717, 1.165) is 21.1 Å². The van der Waals surface area contributed by atoms with E-state index < -0.39 is 0 Å². The minimum Gasteiger partial charge on any atom is -0.402 e. The summed E-state index contributed by atoms with van der Waals surface area (Å²) in [5.74, 6) is 0.170. The van der Waals surface area contributed by atoms with Crippen molar-refractivity contribution in [3.63, 3.8) is 0 Å². The van der Waals surface area contributed by atoms with Crippen molar-refractivity contribution in [2.75, 3.05) is 0 Å². The summed E-state index contributed by atoms with van der Waals surface area (Å²) < 4.78 is 0. The summed E-state index contributed by atoms with van der Waals surface area (Å²) in [5, 5.41) is 4.94. The van der Waals surface area contributed by atoms with Crippen molar-refractivity contribution in [3.8, 4) is 10.6 Å². The van der Waals surface area contributed by atoms with Crippen LogP contribution in [0.5, 0.6) is 0 Å². The molecule has 0 radical (unpaired) electrons. The van der Waals surface area contributed by atoms with Gasteiger partial charge >= 0.3 is 0 Å². The lowest BCUT2D eigenvalue weighted by molar-refractivity contribution is 0.224. The number of aryl methyl sites for hydroxylation is 1. The number of nitrogens with zero attached hydrogens (tertiary/aromatic N) is 3. The molecule has 2 heterocycles. The third-order valence-corrected chi connectivity index (χ3v) is 4.15. The number of pyridine rings is 1. The predicted octanol–water partition coefficient (Wildman–Crippen LogP) is 2.92. The van der Waals surface area contributed by atoms with Crippen LogP contribution in [-0.4, -0.2) is 15.7 Å². The average Bonchev–Trinajstić information content (AvgIpc) is 2.93. The van der Waals surface area contributed by atoms with E-state index in [2.05, 4.69) is 15.1 Å². The van der Waals surface area contributed by atoms with E-state index in [1.54, 1.807) is 31.5 Å². The largest absolute Gasteiger partial charge is 0.402 e. The summed E-state index contributed by atoms with van der Waals surface area (Å²) in [6.07, 6.45) is 6.73. The second-order valence-electron chi connectivity index (χ2n) is 4.92. The van der Waals surface area contributed by atoms with Gasteiger partial charge in [0.2, 0.25) is 5.88 Å². The van der Waals surface area contributed by atoms with Crippen molar-refractivity contribution in [1.29, 1.82) is 0 Å². The third kappa shape index (κ3) is 4.65. The third-order valence-electron chi connectivity index (χ3n) is 2.83. The highest BCUT2D eigenvalue weighted by molar-refractivity contribution is 7.17. The van der Waals surface area contributed by atoms with Crippen LogP contribution in [0.2, 0.25) is 0 Å². The van der Waals surface area contributed by atoms with E-state index >= 15 is 0 Å². The molecule has 0 bridgehead atoms. The van der Waals surface area contributed by atoms with Crippen LogP contribution in [-0.2, 0) is 4.84 Å². The Bertz CT molecular complexity index is 758. The van der Waals surface area contributed by atoms with Crippen molar-refractivity contribution >= 4 is 17.0 Å². The van der Waals surface area contributed by atoms with Crippen molar-refractivity contribution in [2.24, 2.45) is 16.6 Å². The topological polar surface area (TPSA) is 99.4 Å². The van der Waals surface area contributed by atoms with Crippen LogP contribution in [0.1, 0.15) is 24.4 Å². The lowest BCUT2D eigenvalue weighted by Crippen LogP contribution is -2.02. The summed E-state index contributed by atoms with van der Waals surface area (Å²) >= 11 is 1.54. The van der Waals surface area contributed by atoms with Gasteiger partial charge in [0.25, 0.3) is 0 Å². The molecule has 0 fully saturated rings. The number of hydrogen-bond acceptors (Lipinski definition) is 7. The van der Waals surface area contributed by atoms with Gasteiger partial charge in [-0.25, -0.2) is 4.98 Å². The van der Waals surface area contributed by atoms with Gasteiger partial charge < -0.3 is 16.3 Å². The second kappa shape index (κ2) is 7.55. The highest BCUT2D eigenvalue weighted by atomic mass is 32.1. The first kappa shape index (κ1) is 16.7. The van der Waals surface area contributed by atoms with E-state index in [9.17, 15) is 0 Å². The van der Waals surface area contributed by atoms with E-state index in [1.807, 2.05) is 26.0 Å². The molecule has 2 aromatic heterocycles. The fourth-order valence-corrected chi connectivity index (χ4v) is 2.74.